The number of hydrogen-bond acceptors (Lipinski definition) is 4. The van der Waals surface area contributed by atoms with Crippen LogP contribution in [0.1, 0.15) is 76.7 Å². The monoisotopic (exact) mass is 456 g/mol. The minimum atomic E-state index is -3.24. The molecule has 0 radical (unpaired) electrons. The third kappa shape index (κ3) is 6.33. The van der Waals surface area contributed by atoms with E-state index in [4.69, 9.17) is 0 Å². The molecule has 2 fully saturated rings. The van der Waals surface area contributed by atoms with E-state index in [0.29, 0.717) is 17.5 Å². The lowest BCUT2D eigenvalue weighted by molar-refractivity contribution is 0.271. The molecule has 32 heavy (non-hydrogen) atoms. The predicted molar refractivity (Wildman–Crippen MR) is 134 cm³/mol. The maximum atomic E-state index is 12.7. The molecule has 0 spiro atoms. The van der Waals surface area contributed by atoms with E-state index in [1.54, 1.807) is 12.1 Å². The smallest absolute Gasteiger partial charge is 0.179 e. The van der Waals surface area contributed by atoms with E-state index in [1.165, 1.54) is 75.6 Å². The summed E-state index contributed by atoms with van der Waals surface area (Å²) in [7, 11) is -3.24. The fraction of sp³-hybridized carbons (Fsp3) is 0.630. The van der Waals surface area contributed by atoms with Crippen molar-refractivity contribution < 1.29 is 8.42 Å². The normalized spacial score (nSPS) is 23.2. The van der Waals surface area contributed by atoms with Crippen molar-refractivity contribution in [2.24, 2.45) is 0 Å². The van der Waals surface area contributed by atoms with Gasteiger partial charge in [0.15, 0.2) is 9.84 Å². The van der Waals surface area contributed by atoms with Crippen molar-refractivity contribution in [3.63, 3.8) is 0 Å². The van der Waals surface area contributed by atoms with Crippen molar-refractivity contribution in [1.82, 2.24) is 10.2 Å². The highest BCUT2D eigenvalue weighted by Crippen LogP contribution is 2.29. The second-order valence-electron chi connectivity index (χ2n) is 9.93. The quantitative estimate of drug-likeness (QED) is 0.543. The lowest BCUT2D eigenvalue weighted by atomic mass is 9.92. The van der Waals surface area contributed by atoms with Crippen LogP contribution >= 0.6 is 0 Å². The lowest BCUT2D eigenvalue weighted by Gasteiger charge is -2.23. The van der Waals surface area contributed by atoms with Crippen molar-refractivity contribution in [3.8, 4) is 0 Å². The van der Waals surface area contributed by atoms with Gasteiger partial charge in [-0.15, -0.1) is 0 Å². The van der Waals surface area contributed by atoms with Gasteiger partial charge in [-0.05, 0) is 81.7 Å². The number of sulfone groups is 1. The first-order chi connectivity index (χ1) is 15.5. The average Bonchev–Trinajstić information content (AvgIpc) is 3.23. The van der Waals surface area contributed by atoms with Crippen molar-refractivity contribution in [3.05, 3.63) is 47.6 Å². The maximum absolute atomic E-state index is 12.7. The molecule has 1 N–H and O–H groups in total. The van der Waals surface area contributed by atoms with E-state index in [0.717, 1.165) is 24.4 Å². The van der Waals surface area contributed by atoms with Gasteiger partial charge in [-0.1, -0.05) is 49.1 Å². The first kappa shape index (κ1) is 23.7. The van der Waals surface area contributed by atoms with Gasteiger partial charge in [-0.3, -0.25) is 0 Å². The first-order valence-electron chi connectivity index (χ1n) is 12.7. The highest BCUT2D eigenvalue weighted by atomic mass is 32.2. The molecule has 176 valence electrons. The summed E-state index contributed by atoms with van der Waals surface area (Å²) in [6, 6.07) is 8.79. The summed E-state index contributed by atoms with van der Waals surface area (Å²) >= 11 is 0. The summed E-state index contributed by atoms with van der Waals surface area (Å²) in [5.74, 6) is 0.174. The maximum Gasteiger partial charge on any atom is 0.179 e. The lowest BCUT2D eigenvalue weighted by Crippen LogP contribution is -2.34. The van der Waals surface area contributed by atoms with Crippen molar-refractivity contribution in [2.45, 2.75) is 88.1 Å². The van der Waals surface area contributed by atoms with E-state index in [2.05, 4.69) is 29.3 Å². The molecule has 0 bridgehead atoms. The molecule has 0 aromatic heterocycles. The SMILES string of the molecule is C[C@@H]1CCCN1CCC1=CC=C(c2ccc(S(=O)(=O)CCNC3CCCCC3)cc2)CC1. The second-order valence-corrected chi connectivity index (χ2v) is 12.0. The molecule has 1 aromatic carbocycles. The van der Waals surface area contributed by atoms with Crippen molar-refractivity contribution in [2.75, 3.05) is 25.4 Å². The highest BCUT2D eigenvalue weighted by molar-refractivity contribution is 7.91. The number of rotatable bonds is 9. The molecule has 4 rings (SSSR count). The van der Waals surface area contributed by atoms with Gasteiger partial charge in [0.05, 0.1) is 10.6 Å². The zero-order chi connectivity index (χ0) is 22.4. The number of allylic oxidation sites excluding steroid dienone is 3. The molecule has 2 aliphatic carbocycles. The van der Waals surface area contributed by atoms with Gasteiger partial charge in [0.25, 0.3) is 0 Å². The Morgan fingerprint density at radius 3 is 2.41 bits per heavy atom. The minimum absolute atomic E-state index is 0.174. The van der Waals surface area contributed by atoms with Gasteiger partial charge in [-0.25, -0.2) is 8.42 Å². The largest absolute Gasteiger partial charge is 0.313 e. The molecular formula is C27H40N2O2S. The number of nitrogens with one attached hydrogen (secondary N) is 1. The van der Waals surface area contributed by atoms with E-state index in [1.807, 2.05) is 12.1 Å². The third-order valence-electron chi connectivity index (χ3n) is 7.64. The standard InChI is InChI=1S/C27H40N2O2S/c1-22-6-5-19-29(22)20-17-23-9-11-24(12-10-23)25-13-15-27(16-14-25)32(30,31)21-18-28-26-7-3-2-4-8-26/h9,11,13-16,22,26,28H,2-8,10,12,17-21H2,1H3/t22-/m1/s1. The second kappa shape index (κ2) is 11.1. The Balaban J connectivity index is 1.28. The van der Waals surface area contributed by atoms with Crippen molar-refractivity contribution >= 4 is 15.4 Å². The molecule has 1 heterocycles. The summed E-state index contributed by atoms with van der Waals surface area (Å²) in [5.41, 5.74) is 4.00. The first-order valence-corrected chi connectivity index (χ1v) is 14.4. The van der Waals surface area contributed by atoms with E-state index in [9.17, 15) is 8.42 Å². The fourth-order valence-corrected chi connectivity index (χ4v) is 6.61. The van der Waals surface area contributed by atoms with Gasteiger partial charge in [0.2, 0.25) is 0 Å². The summed E-state index contributed by atoms with van der Waals surface area (Å²) in [6.07, 6.45) is 16.7. The zero-order valence-electron chi connectivity index (χ0n) is 19.7. The molecule has 5 heteroatoms. The molecular weight excluding hydrogens is 416 g/mol. The average molecular weight is 457 g/mol. The zero-order valence-corrected chi connectivity index (χ0v) is 20.5. The van der Waals surface area contributed by atoms with E-state index < -0.39 is 9.84 Å². The van der Waals surface area contributed by atoms with Gasteiger partial charge in [0.1, 0.15) is 0 Å². The summed E-state index contributed by atoms with van der Waals surface area (Å²) in [5, 5.41) is 3.45. The minimum Gasteiger partial charge on any atom is -0.313 e. The number of hydrogen-bond donors (Lipinski definition) is 1. The van der Waals surface area contributed by atoms with Gasteiger partial charge in [-0.2, -0.15) is 0 Å². The molecule has 0 amide bonds. The Hall–Kier alpha value is -1.43. The van der Waals surface area contributed by atoms with Gasteiger partial charge < -0.3 is 10.2 Å². The Bertz CT molecular complexity index is 911. The highest BCUT2D eigenvalue weighted by Gasteiger charge is 2.20. The Labute approximate surface area is 195 Å². The topological polar surface area (TPSA) is 49.4 Å². The molecule has 1 saturated carbocycles. The van der Waals surface area contributed by atoms with Crippen LogP contribution in [0.15, 0.2) is 46.9 Å². The predicted octanol–water partition coefficient (Wildman–Crippen LogP) is 5.36. The van der Waals surface area contributed by atoms with Crippen LogP contribution in [0, 0.1) is 0 Å². The number of nitrogens with zero attached hydrogens (tertiary/aromatic N) is 1. The van der Waals surface area contributed by atoms with Crippen molar-refractivity contribution in [1.29, 1.82) is 0 Å². The van der Waals surface area contributed by atoms with Crippen LogP contribution in [0.3, 0.4) is 0 Å². The summed E-state index contributed by atoms with van der Waals surface area (Å²) in [6.45, 7) is 5.32. The number of likely N-dealkylation sites (tertiary alicyclic amines) is 1. The van der Waals surface area contributed by atoms with Gasteiger partial charge in [0, 0.05) is 25.2 Å². The van der Waals surface area contributed by atoms with Crippen LogP contribution in [0.2, 0.25) is 0 Å². The van der Waals surface area contributed by atoms with Crippen LogP contribution < -0.4 is 5.32 Å². The van der Waals surface area contributed by atoms with Crippen LogP contribution in [-0.4, -0.2) is 50.8 Å². The summed E-state index contributed by atoms with van der Waals surface area (Å²) in [4.78, 5) is 3.06. The van der Waals surface area contributed by atoms with Crippen LogP contribution in [0.5, 0.6) is 0 Å². The molecule has 3 aliphatic rings. The molecule has 1 atom stereocenters. The number of benzene rings is 1. The van der Waals surface area contributed by atoms with Gasteiger partial charge >= 0.3 is 0 Å². The Morgan fingerprint density at radius 1 is 0.969 bits per heavy atom. The van der Waals surface area contributed by atoms with E-state index >= 15 is 0 Å². The molecule has 1 saturated heterocycles. The van der Waals surface area contributed by atoms with Crippen LogP contribution in [0.4, 0.5) is 0 Å². The third-order valence-corrected chi connectivity index (χ3v) is 9.37. The molecule has 1 aliphatic heterocycles. The molecule has 0 unspecified atom stereocenters. The van der Waals surface area contributed by atoms with Crippen LogP contribution in [-0.2, 0) is 9.84 Å². The van der Waals surface area contributed by atoms with E-state index in [-0.39, 0.29) is 5.75 Å². The Kier molecular flexibility index (Phi) is 8.25. The fourth-order valence-electron chi connectivity index (χ4n) is 5.44. The Morgan fingerprint density at radius 2 is 1.75 bits per heavy atom. The summed E-state index contributed by atoms with van der Waals surface area (Å²) < 4.78 is 25.5. The van der Waals surface area contributed by atoms with Crippen LogP contribution in [0.25, 0.3) is 5.57 Å². The molecule has 1 aromatic rings. The molecule has 4 nitrogen and oxygen atoms in total.